The van der Waals surface area contributed by atoms with Gasteiger partial charge in [0.15, 0.2) is 5.82 Å². The van der Waals surface area contributed by atoms with Crippen LogP contribution in [0, 0.1) is 0 Å². The number of nitrogens with one attached hydrogen (secondary N) is 2. The van der Waals surface area contributed by atoms with Crippen LogP contribution >= 0.6 is 11.3 Å². The lowest BCUT2D eigenvalue weighted by atomic mass is 10.1. The van der Waals surface area contributed by atoms with E-state index >= 15 is 0 Å². The molecule has 142 valence electrons. The van der Waals surface area contributed by atoms with E-state index in [0.717, 1.165) is 64.8 Å². The predicted molar refractivity (Wildman–Crippen MR) is 102 cm³/mol. The van der Waals surface area contributed by atoms with Crippen molar-refractivity contribution in [2.24, 2.45) is 0 Å². The zero-order chi connectivity index (χ0) is 19.0. The first-order valence-corrected chi connectivity index (χ1v) is 9.40. The topological polar surface area (TPSA) is 53.1 Å². The van der Waals surface area contributed by atoms with Crippen molar-refractivity contribution in [2.75, 3.05) is 43.4 Å². The average Bonchev–Trinajstić information content (AvgIpc) is 3.11. The number of halogens is 3. The van der Waals surface area contributed by atoms with Crippen molar-refractivity contribution in [1.29, 1.82) is 0 Å². The monoisotopic (exact) mass is 393 g/mol. The van der Waals surface area contributed by atoms with E-state index in [2.05, 4.69) is 25.5 Å². The molecule has 0 saturated carbocycles. The van der Waals surface area contributed by atoms with Crippen LogP contribution in [-0.4, -0.2) is 43.2 Å². The number of benzene rings is 1. The van der Waals surface area contributed by atoms with Crippen LogP contribution in [0.5, 0.6) is 0 Å². The number of piperazine rings is 1. The summed E-state index contributed by atoms with van der Waals surface area (Å²) in [7, 11) is 1.77. The molecule has 1 aliphatic heterocycles. The molecule has 4 rings (SSSR count). The quantitative estimate of drug-likeness (QED) is 0.708. The summed E-state index contributed by atoms with van der Waals surface area (Å²) in [5, 5.41) is 6.31. The summed E-state index contributed by atoms with van der Waals surface area (Å²) in [6, 6.07) is 7.15. The van der Waals surface area contributed by atoms with E-state index in [1.165, 1.54) is 23.5 Å². The van der Waals surface area contributed by atoms with Gasteiger partial charge in [0.2, 0.25) is 5.95 Å². The van der Waals surface area contributed by atoms with Gasteiger partial charge in [-0.15, -0.1) is 11.3 Å². The van der Waals surface area contributed by atoms with E-state index in [1.54, 1.807) is 7.05 Å². The summed E-state index contributed by atoms with van der Waals surface area (Å²) in [4.78, 5) is 12.2. The largest absolute Gasteiger partial charge is 0.416 e. The van der Waals surface area contributed by atoms with Crippen molar-refractivity contribution in [3.63, 3.8) is 0 Å². The van der Waals surface area contributed by atoms with Crippen LogP contribution in [0.3, 0.4) is 0 Å². The predicted octanol–water partition coefficient (Wildman–Crippen LogP) is 3.83. The van der Waals surface area contributed by atoms with Crippen molar-refractivity contribution in [3.8, 4) is 10.4 Å². The molecule has 1 aromatic carbocycles. The first kappa shape index (κ1) is 18.0. The molecule has 1 fully saturated rings. The van der Waals surface area contributed by atoms with E-state index in [9.17, 15) is 13.2 Å². The minimum absolute atomic E-state index is 0.535. The van der Waals surface area contributed by atoms with Gasteiger partial charge < -0.3 is 15.5 Å². The minimum Gasteiger partial charge on any atom is -0.357 e. The summed E-state index contributed by atoms with van der Waals surface area (Å²) in [6.45, 7) is 3.47. The SMILES string of the molecule is CNc1nc(N2CCNCC2)c2sc(-c3ccc(C(F)(F)F)cc3)cc2n1. The Hall–Kier alpha value is -2.39. The van der Waals surface area contributed by atoms with E-state index in [4.69, 9.17) is 0 Å². The zero-order valence-electron chi connectivity index (χ0n) is 14.6. The number of thiophene rings is 1. The molecule has 2 aromatic heterocycles. The molecule has 5 nitrogen and oxygen atoms in total. The number of rotatable bonds is 3. The molecule has 0 atom stereocenters. The molecule has 27 heavy (non-hydrogen) atoms. The highest BCUT2D eigenvalue weighted by Crippen LogP contribution is 2.39. The lowest BCUT2D eigenvalue weighted by molar-refractivity contribution is -0.137. The highest BCUT2D eigenvalue weighted by Gasteiger charge is 2.30. The third-order valence-electron chi connectivity index (χ3n) is 4.49. The van der Waals surface area contributed by atoms with Gasteiger partial charge in [-0.1, -0.05) is 12.1 Å². The standard InChI is InChI=1S/C18H18F3N5S/c1-22-17-24-13-10-14(11-2-4-12(5-3-11)18(19,20)21)27-15(13)16(25-17)26-8-6-23-7-9-26/h2-5,10,23H,6-9H2,1H3,(H,22,24,25). The fraction of sp³-hybridized carbons (Fsp3) is 0.333. The molecular formula is C18H18F3N5S. The van der Waals surface area contributed by atoms with E-state index in [-0.39, 0.29) is 0 Å². The highest BCUT2D eigenvalue weighted by molar-refractivity contribution is 7.22. The lowest BCUT2D eigenvalue weighted by Crippen LogP contribution is -2.44. The maximum absolute atomic E-state index is 12.8. The summed E-state index contributed by atoms with van der Waals surface area (Å²) in [5.74, 6) is 1.40. The van der Waals surface area contributed by atoms with Crippen molar-refractivity contribution < 1.29 is 13.2 Å². The number of fused-ring (bicyclic) bond motifs is 1. The van der Waals surface area contributed by atoms with Crippen LogP contribution < -0.4 is 15.5 Å². The number of aromatic nitrogens is 2. The Labute approximate surface area is 158 Å². The van der Waals surface area contributed by atoms with Crippen LogP contribution in [0.15, 0.2) is 30.3 Å². The smallest absolute Gasteiger partial charge is 0.357 e. The number of hydrogen-bond donors (Lipinski definition) is 2. The second-order valence-electron chi connectivity index (χ2n) is 6.26. The lowest BCUT2D eigenvalue weighted by Gasteiger charge is -2.28. The van der Waals surface area contributed by atoms with Gasteiger partial charge in [-0.25, -0.2) is 4.98 Å². The number of anilines is 2. The fourth-order valence-corrected chi connectivity index (χ4v) is 4.20. The Balaban J connectivity index is 1.77. The average molecular weight is 393 g/mol. The molecular weight excluding hydrogens is 375 g/mol. The third-order valence-corrected chi connectivity index (χ3v) is 5.66. The van der Waals surface area contributed by atoms with Gasteiger partial charge >= 0.3 is 6.18 Å². The Morgan fingerprint density at radius 2 is 1.81 bits per heavy atom. The van der Waals surface area contributed by atoms with Crippen LogP contribution in [0.1, 0.15) is 5.56 Å². The maximum Gasteiger partial charge on any atom is 0.416 e. The Kier molecular flexibility index (Phi) is 4.65. The molecule has 0 aliphatic carbocycles. The molecule has 3 heterocycles. The molecule has 0 radical (unpaired) electrons. The van der Waals surface area contributed by atoms with Gasteiger partial charge in [-0.3, -0.25) is 0 Å². The van der Waals surface area contributed by atoms with Gasteiger partial charge in [0, 0.05) is 38.1 Å². The van der Waals surface area contributed by atoms with Gasteiger partial charge in [-0.2, -0.15) is 18.2 Å². The van der Waals surface area contributed by atoms with E-state index in [0.29, 0.717) is 5.95 Å². The summed E-state index contributed by atoms with van der Waals surface area (Å²) < 4.78 is 39.3. The Morgan fingerprint density at radius 1 is 1.11 bits per heavy atom. The van der Waals surface area contributed by atoms with Gasteiger partial charge in [0.1, 0.15) is 0 Å². The molecule has 0 amide bonds. The first-order valence-electron chi connectivity index (χ1n) is 8.58. The van der Waals surface area contributed by atoms with Crippen LogP contribution in [-0.2, 0) is 6.18 Å². The fourth-order valence-electron chi connectivity index (χ4n) is 3.08. The second-order valence-corrected chi connectivity index (χ2v) is 7.31. The summed E-state index contributed by atoms with van der Waals surface area (Å²) in [5.41, 5.74) is 0.886. The second kappa shape index (κ2) is 6.97. The number of nitrogens with zero attached hydrogens (tertiary/aromatic N) is 3. The first-order chi connectivity index (χ1) is 13.0. The molecule has 0 spiro atoms. The normalized spacial score (nSPS) is 15.3. The molecule has 0 unspecified atom stereocenters. The van der Waals surface area contributed by atoms with E-state index in [1.807, 2.05) is 6.07 Å². The van der Waals surface area contributed by atoms with E-state index < -0.39 is 11.7 Å². The Morgan fingerprint density at radius 3 is 2.44 bits per heavy atom. The van der Waals surface area contributed by atoms with Gasteiger partial charge in [-0.05, 0) is 23.8 Å². The molecule has 1 aliphatic rings. The molecule has 0 bridgehead atoms. The van der Waals surface area contributed by atoms with Crippen LogP contribution in [0.25, 0.3) is 20.7 Å². The maximum atomic E-state index is 12.8. The molecule has 1 saturated heterocycles. The number of hydrogen-bond acceptors (Lipinski definition) is 6. The van der Waals surface area contributed by atoms with Crippen molar-refractivity contribution in [3.05, 3.63) is 35.9 Å². The minimum atomic E-state index is -4.33. The molecule has 2 N–H and O–H groups in total. The Bertz CT molecular complexity index is 946. The van der Waals surface area contributed by atoms with Crippen molar-refractivity contribution in [2.45, 2.75) is 6.18 Å². The van der Waals surface area contributed by atoms with Crippen molar-refractivity contribution >= 4 is 33.3 Å². The van der Waals surface area contributed by atoms with Crippen LogP contribution in [0.4, 0.5) is 24.9 Å². The third kappa shape index (κ3) is 3.57. The molecule has 3 aromatic rings. The highest BCUT2D eigenvalue weighted by atomic mass is 32.1. The summed E-state index contributed by atoms with van der Waals surface area (Å²) >= 11 is 1.51. The summed E-state index contributed by atoms with van der Waals surface area (Å²) in [6.07, 6.45) is -4.33. The van der Waals surface area contributed by atoms with Crippen LogP contribution in [0.2, 0.25) is 0 Å². The van der Waals surface area contributed by atoms with Gasteiger partial charge in [0.25, 0.3) is 0 Å². The van der Waals surface area contributed by atoms with Gasteiger partial charge in [0.05, 0.1) is 15.8 Å². The zero-order valence-corrected chi connectivity index (χ0v) is 15.4. The molecule has 9 heteroatoms. The van der Waals surface area contributed by atoms with Crippen molar-refractivity contribution in [1.82, 2.24) is 15.3 Å². The number of alkyl halides is 3.